The summed E-state index contributed by atoms with van der Waals surface area (Å²) in [5, 5.41) is 3.63. The molecule has 0 radical (unpaired) electrons. The first-order chi connectivity index (χ1) is 20.3. The number of nitrogens with zero attached hydrogens (tertiary/aromatic N) is 4. The number of halogens is 1. The maximum absolute atomic E-state index is 13.4. The number of fused-ring (bicyclic) bond motifs is 1. The van der Waals surface area contributed by atoms with E-state index >= 15 is 0 Å². The Labute approximate surface area is 261 Å². The van der Waals surface area contributed by atoms with Crippen molar-refractivity contribution in [1.29, 1.82) is 0 Å². The Kier molecular flexibility index (Phi) is 11.8. The highest BCUT2D eigenvalue weighted by Crippen LogP contribution is 2.29. The van der Waals surface area contributed by atoms with Gasteiger partial charge in [0.05, 0.1) is 17.1 Å². The highest BCUT2D eigenvalue weighted by Gasteiger charge is 2.38. The number of likely N-dealkylation sites (N-methyl/N-ethyl adjacent to an activating group) is 1. The smallest absolute Gasteiger partial charge is 0.254 e. The fourth-order valence-corrected chi connectivity index (χ4v) is 5.89. The third kappa shape index (κ3) is 9.03. The number of aromatic nitrogens is 2. The number of rotatable bonds is 14. The molecule has 1 saturated heterocycles. The van der Waals surface area contributed by atoms with Gasteiger partial charge < -0.3 is 25.0 Å². The van der Waals surface area contributed by atoms with Crippen molar-refractivity contribution < 1.29 is 14.4 Å². The van der Waals surface area contributed by atoms with E-state index in [2.05, 4.69) is 35.8 Å². The quantitative estimate of drug-likeness (QED) is 0.224. The van der Waals surface area contributed by atoms with E-state index in [1.165, 1.54) is 0 Å². The van der Waals surface area contributed by atoms with Crippen LogP contribution in [-0.4, -0.2) is 89.2 Å². The Hall–Kier alpha value is -3.43. The summed E-state index contributed by atoms with van der Waals surface area (Å²) in [7, 11) is 3.91. The average molecular weight is 611 g/mol. The number of imidazole rings is 1. The fourth-order valence-electron chi connectivity index (χ4n) is 5.72. The lowest BCUT2D eigenvalue weighted by Crippen LogP contribution is -2.57. The molecule has 2 heterocycles. The van der Waals surface area contributed by atoms with Crippen molar-refractivity contribution in [3.63, 3.8) is 0 Å². The van der Waals surface area contributed by atoms with E-state index in [1.807, 2.05) is 27.0 Å². The summed E-state index contributed by atoms with van der Waals surface area (Å²) < 4.78 is 0. The van der Waals surface area contributed by atoms with Crippen molar-refractivity contribution in [2.75, 3.05) is 46.8 Å². The van der Waals surface area contributed by atoms with Crippen LogP contribution in [0.5, 0.6) is 0 Å². The second-order valence-corrected chi connectivity index (χ2v) is 12.6. The third-order valence-corrected chi connectivity index (χ3v) is 8.04. The Balaban J connectivity index is 1.80. The molecule has 1 aliphatic heterocycles. The van der Waals surface area contributed by atoms with Crippen molar-refractivity contribution in [3.8, 4) is 0 Å². The molecule has 0 bridgehead atoms. The highest BCUT2D eigenvalue weighted by atomic mass is 35.5. The van der Waals surface area contributed by atoms with Gasteiger partial charge >= 0.3 is 0 Å². The van der Waals surface area contributed by atoms with E-state index in [4.69, 9.17) is 16.6 Å². The standard InChI is InChI=1S/C33H47ClN6O3/c1-9-17-40(10-2)32(43)25(22(3)4)13-11-23(5)31(42)37-27(30-35-26-14-12-24(34)18-28(26)36-30)15-16-29(41)39(8)21-33(6)19-38(7)20-33/h11-14,18,27H,3,9-10,15-17,19-21H2,1-2,4-8H3,(H,35,36)(H,37,42)/b23-11+,25-13+. The maximum atomic E-state index is 13.4. The highest BCUT2D eigenvalue weighted by molar-refractivity contribution is 6.31. The number of H-pyrrole nitrogens is 1. The summed E-state index contributed by atoms with van der Waals surface area (Å²) in [5.74, 6) is 0.139. The number of amides is 3. The molecule has 1 aromatic heterocycles. The maximum Gasteiger partial charge on any atom is 0.254 e. The molecule has 1 fully saturated rings. The van der Waals surface area contributed by atoms with Crippen LogP contribution in [0.2, 0.25) is 5.02 Å². The number of allylic oxidation sites excluding steroid dienone is 2. The van der Waals surface area contributed by atoms with E-state index in [0.29, 0.717) is 53.6 Å². The van der Waals surface area contributed by atoms with Gasteiger partial charge in [0.2, 0.25) is 11.8 Å². The lowest BCUT2D eigenvalue weighted by molar-refractivity contribution is -0.133. The molecule has 0 spiro atoms. The van der Waals surface area contributed by atoms with Gasteiger partial charge in [-0.25, -0.2) is 4.98 Å². The van der Waals surface area contributed by atoms with Crippen LogP contribution in [0.1, 0.15) is 65.7 Å². The first-order valence-electron chi connectivity index (χ1n) is 15.0. The van der Waals surface area contributed by atoms with Crippen molar-refractivity contribution in [1.82, 2.24) is 30.0 Å². The van der Waals surface area contributed by atoms with E-state index in [9.17, 15) is 14.4 Å². The van der Waals surface area contributed by atoms with Crippen LogP contribution in [0, 0.1) is 5.41 Å². The van der Waals surface area contributed by atoms with Gasteiger partial charge in [-0.15, -0.1) is 0 Å². The van der Waals surface area contributed by atoms with Gasteiger partial charge in [0.25, 0.3) is 5.91 Å². The summed E-state index contributed by atoms with van der Waals surface area (Å²) in [6.07, 6.45) is 4.76. The molecular weight excluding hydrogens is 564 g/mol. The third-order valence-electron chi connectivity index (χ3n) is 7.80. The van der Waals surface area contributed by atoms with Crippen molar-refractivity contribution in [3.05, 3.63) is 64.5 Å². The fraction of sp³-hybridized carbons (Fsp3) is 0.515. The molecule has 10 heteroatoms. The minimum absolute atomic E-state index is 0.0153. The number of likely N-dealkylation sites (tertiary alicyclic amines) is 1. The van der Waals surface area contributed by atoms with Gasteiger partial charge in [0, 0.05) is 67.8 Å². The monoisotopic (exact) mass is 610 g/mol. The van der Waals surface area contributed by atoms with E-state index in [0.717, 1.165) is 30.5 Å². The largest absolute Gasteiger partial charge is 0.345 e. The van der Waals surface area contributed by atoms with Crippen LogP contribution in [0.3, 0.4) is 0 Å². The van der Waals surface area contributed by atoms with E-state index in [1.54, 1.807) is 47.9 Å². The van der Waals surface area contributed by atoms with Crippen molar-refractivity contribution >= 4 is 40.4 Å². The van der Waals surface area contributed by atoms with Crippen LogP contribution in [-0.2, 0) is 14.4 Å². The number of hydrogen-bond acceptors (Lipinski definition) is 5. The Bertz CT molecular complexity index is 1400. The van der Waals surface area contributed by atoms with Crippen molar-refractivity contribution in [2.45, 2.75) is 59.9 Å². The number of hydrogen-bond donors (Lipinski definition) is 2. The van der Waals surface area contributed by atoms with E-state index in [-0.39, 0.29) is 29.6 Å². The molecule has 2 N–H and O–H groups in total. The molecule has 1 aliphatic rings. The molecule has 9 nitrogen and oxygen atoms in total. The summed E-state index contributed by atoms with van der Waals surface area (Å²) in [6, 6.07) is 4.82. The predicted octanol–water partition coefficient (Wildman–Crippen LogP) is 5.27. The zero-order chi connectivity index (χ0) is 31.9. The van der Waals surface area contributed by atoms with Crippen LogP contribution in [0.15, 0.2) is 53.6 Å². The minimum Gasteiger partial charge on any atom is -0.345 e. The molecule has 2 aromatic rings. The van der Waals surface area contributed by atoms with Crippen LogP contribution in [0.25, 0.3) is 11.0 Å². The van der Waals surface area contributed by atoms with Gasteiger partial charge in [0.15, 0.2) is 0 Å². The average Bonchev–Trinajstić information content (AvgIpc) is 3.35. The molecule has 0 saturated carbocycles. The number of benzene rings is 1. The molecule has 0 aliphatic carbocycles. The molecule has 1 aromatic carbocycles. The normalized spacial score (nSPS) is 16.0. The van der Waals surface area contributed by atoms with E-state index < -0.39 is 6.04 Å². The van der Waals surface area contributed by atoms with Gasteiger partial charge in [-0.2, -0.15) is 0 Å². The second kappa shape index (κ2) is 14.8. The molecule has 1 unspecified atom stereocenters. The predicted molar refractivity (Wildman–Crippen MR) is 174 cm³/mol. The number of carbonyl (C=O) groups is 3. The zero-order valence-electron chi connectivity index (χ0n) is 26.7. The van der Waals surface area contributed by atoms with Gasteiger partial charge in [0.1, 0.15) is 5.82 Å². The number of carbonyl (C=O) groups excluding carboxylic acids is 3. The van der Waals surface area contributed by atoms with Crippen LogP contribution >= 0.6 is 11.6 Å². The Morgan fingerprint density at radius 2 is 1.93 bits per heavy atom. The van der Waals surface area contributed by atoms with Gasteiger partial charge in [-0.05, 0) is 70.5 Å². The number of nitrogens with one attached hydrogen (secondary N) is 2. The topological polar surface area (TPSA) is 102 Å². The summed E-state index contributed by atoms with van der Waals surface area (Å²) >= 11 is 6.18. The molecule has 3 amide bonds. The summed E-state index contributed by atoms with van der Waals surface area (Å²) in [5.41, 5.74) is 3.08. The molecule has 3 rings (SSSR count). The second-order valence-electron chi connectivity index (χ2n) is 12.2. The van der Waals surface area contributed by atoms with Gasteiger partial charge in [-0.3, -0.25) is 14.4 Å². The van der Waals surface area contributed by atoms with Crippen molar-refractivity contribution in [2.24, 2.45) is 5.41 Å². The van der Waals surface area contributed by atoms with Crippen LogP contribution < -0.4 is 5.32 Å². The molecule has 1 atom stereocenters. The Morgan fingerprint density at radius 3 is 2.53 bits per heavy atom. The summed E-state index contributed by atoms with van der Waals surface area (Å²) in [6.45, 7) is 17.5. The first-order valence-corrected chi connectivity index (χ1v) is 15.4. The molecule has 234 valence electrons. The molecule has 43 heavy (non-hydrogen) atoms. The number of aromatic amines is 1. The van der Waals surface area contributed by atoms with Crippen LogP contribution in [0.4, 0.5) is 0 Å². The summed E-state index contributed by atoms with van der Waals surface area (Å²) in [4.78, 5) is 53.4. The lowest BCUT2D eigenvalue weighted by Gasteiger charge is -2.48. The molecular formula is C33H47ClN6O3. The van der Waals surface area contributed by atoms with Gasteiger partial charge in [-0.1, -0.05) is 38.1 Å². The lowest BCUT2D eigenvalue weighted by atomic mass is 9.82. The SMILES string of the molecule is C=C(C)/C(=C\C=C(/C)C(=O)NC(CCC(=O)N(C)CC1(C)CN(C)C1)c1nc2ccc(Cl)cc2[nH]1)C(=O)N(CC)CCC. The zero-order valence-corrected chi connectivity index (χ0v) is 27.5. The first kappa shape index (κ1) is 34.1. The Morgan fingerprint density at radius 1 is 1.23 bits per heavy atom. The minimum atomic E-state index is -0.545.